The van der Waals surface area contributed by atoms with E-state index in [4.69, 9.17) is 4.74 Å². The number of aromatic amines is 1. The van der Waals surface area contributed by atoms with Gasteiger partial charge in [0.2, 0.25) is 5.91 Å². The zero-order valence-electron chi connectivity index (χ0n) is 13.8. The number of ether oxygens (including phenoxy) is 1. The molecule has 128 valence electrons. The molecule has 3 heterocycles. The van der Waals surface area contributed by atoms with Crippen molar-refractivity contribution in [3.8, 4) is 5.75 Å². The first-order valence-corrected chi connectivity index (χ1v) is 8.06. The fourth-order valence-electron chi connectivity index (χ4n) is 3.03. The van der Waals surface area contributed by atoms with Crippen molar-refractivity contribution in [2.75, 3.05) is 25.1 Å². The molecule has 0 saturated carbocycles. The molecular weight excluding hydrogens is 320 g/mol. The molecule has 8 nitrogen and oxygen atoms in total. The molecule has 1 aromatic carbocycles. The summed E-state index contributed by atoms with van der Waals surface area (Å²) in [7, 11) is 1.81. The Bertz CT molecular complexity index is 909. The molecule has 1 atom stereocenters. The van der Waals surface area contributed by atoms with Crippen LogP contribution in [0.4, 0.5) is 5.82 Å². The fourth-order valence-corrected chi connectivity index (χ4v) is 3.03. The van der Waals surface area contributed by atoms with Crippen molar-refractivity contribution >= 4 is 22.9 Å². The third-order valence-corrected chi connectivity index (χ3v) is 4.19. The van der Waals surface area contributed by atoms with Crippen molar-refractivity contribution in [2.45, 2.75) is 12.5 Å². The van der Waals surface area contributed by atoms with Gasteiger partial charge in [-0.05, 0) is 18.1 Å². The number of nitrogens with one attached hydrogen (secondary N) is 2. The molecule has 4 rings (SSSR count). The number of para-hydroxylation sites is 1. The number of hydrogen-bond acceptors (Lipinski definition) is 6. The van der Waals surface area contributed by atoms with Crippen molar-refractivity contribution in [3.05, 3.63) is 42.5 Å². The van der Waals surface area contributed by atoms with Crippen LogP contribution in [0.3, 0.4) is 0 Å². The largest absolute Gasteiger partial charge is 0.491 e. The van der Waals surface area contributed by atoms with E-state index < -0.39 is 0 Å². The highest BCUT2D eigenvalue weighted by Gasteiger charge is 2.22. The second-order valence-corrected chi connectivity index (χ2v) is 6.04. The summed E-state index contributed by atoms with van der Waals surface area (Å²) >= 11 is 0. The first-order valence-electron chi connectivity index (χ1n) is 8.06. The number of benzene rings is 1. The van der Waals surface area contributed by atoms with Crippen LogP contribution in [-0.4, -0.2) is 52.1 Å². The van der Waals surface area contributed by atoms with E-state index in [2.05, 4.69) is 25.3 Å². The molecule has 25 heavy (non-hydrogen) atoms. The smallest absolute Gasteiger partial charge is 0.239 e. The molecule has 0 aliphatic carbocycles. The van der Waals surface area contributed by atoms with Gasteiger partial charge in [-0.3, -0.25) is 4.79 Å². The predicted octanol–water partition coefficient (Wildman–Crippen LogP) is 0.909. The Labute approximate surface area is 144 Å². The third kappa shape index (κ3) is 3.10. The van der Waals surface area contributed by atoms with Crippen LogP contribution in [-0.2, 0) is 11.2 Å². The number of rotatable bonds is 4. The van der Waals surface area contributed by atoms with Gasteiger partial charge in [0, 0.05) is 7.05 Å². The number of fused-ring (bicyclic) bond motifs is 2. The summed E-state index contributed by atoms with van der Waals surface area (Å²) in [5.41, 5.74) is 2.41. The first-order chi connectivity index (χ1) is 12.2. The second-order valence-electron chi connectivity index (χ2n) is 6.04. The molecule has 1 amide bonds. The van der Waals surface area contributed by atoms with E-state index in [1.165, 1.54) is 6.33 Å². The second kappa shape index (κ2) is 6.39. The van der Waals surface area contributed by atoms with Gasteiger partial charge in [0.05, 0.1) is 18.9 Å². The summed E-state index contributed by atoms with van der Waals surface area (Å²) < 4.78 is 5.71. The quantitative estimate of drug-likeness (QED) is 0.734. The van der Waals surface area contributed by atoms with Crippen LogP contribution in [0.2, 0.25) is 0 Å². The van der Waals surface area contributed by atoms with Gasteiger partial charge in [0.25, 0.3) is 0 Å². The Kier molecular flexibility index (Phi) is 3.93. The lowest BCUT2D eigenvalue weighted by Gasteiger charge is -2.27. The number of carbonyl (C=O) groups is 1. The molecule has 0 bridgehead atoms. The lowest BCUT2D eigenvalue weighted by Crippen LogP contribution is -2.46. The minimum absolute atomic E-state index is 0.0339. The molecule has 1 aliphatic heterocycles. The van der Waals surface area contributed by atoms with E-state index in [9.17, 15) is 4.79 Å². The zero-order chi connectivity index (χ0) is 17.2. The minimum atomic E-state index is -0.0817. The highest BCUT2D eigenvalue weighted by Crippen LogP contribution is 2.24. The maximum absolute atomic E-state index is 12.4. The average Bonchev–Trinajstić information content (AvgIpc) is 3.10. The topological polar surface area (TPSA) is 96.0 Å². The Morgan fingerprint density at radius 3 is 3.16 bits per heavy atom. The number of nitrogens with zero attached hydrogens (tertiary/aromatic N) is 4. The van der Waals surface area contributed by atoms with Gasteiger partial charge < -0.3 is 19.9 Å². The Morgan fingerprint density at radius 1 is 1.36 bits per heavy atom. The zero-order valence-corrected chi connectivity index (χ0v) is 13.8. The number of carbonyl (C=O) groups excluding carboxylic acids is 1. The Morgan fingerprint density at radius 2 is 2.24 bits per heavy atom. The van der Waals surface area contributed by atoms with Crippen LogP contribution >= 0.6 is 0 Å². The van der Waals surface area contributed by atoms with E-state index >= 15 is 0 Å². The Balaban J connectivity index is 1.40. The summed E-state index contributed by atoms with van der Waals surface area (Å²) in [5, 5.41) is 3.03. The van der Waals surface area contributed by atoms with Gasteiger partial charge >= 0.3 is 0 Å². The summed E-state index contributed by atoms with van der Waals surface area (Å²) in [6.07, 6.45) is 3.77. The van der Waals surface area contributed by atoms with E-state index in [1.54, 1.807) is 11.2 Å². The van der Waals surface area contributed by atoms with Gasteiger partial charge in [0.1, 0.15) is 24.2 Å². The number of likely N-dealkylation sites (N-methyl/N-ethyl adjacent to an activating group) is 1. The third-order valence-electron chi connectivity index (χ3n) is 4.19. The number of H-pyrrole nitrogens is 1. The summed E-state index contributed by atoms with van der Waals surface area (Å²) in [6, 6.07) is 7.87. The molecule has 0 fully saturated rings. The molecule has 2 aromatic heterocycles. The van der Waals surface area contributed by atoms with Gasteiger partial charge in [-0.25, -0.2) is 15.0 Å². The summed E-state index contributed by atoms with van der Waals surface area (Å²) in [6.45, 7) is 0.661. The summed E-state index contributed by atoms with van der Waals surface area (Å²) in [4.78, 5) is 29.6. The molecule has 2 N–H and O–H groups in total. The van der Waals surface area contributed by atoms with Crippen molar-refractivity contribution < 1.29 is 9.53 Å². The van der Waals surface area contributed by atoms with Gasteiger partial charge in [-0.1, -0.05) is 18.2 Å². The van der Waals surface area contributed by atoms with E-state index in [1.807, 2.05) is 31.3 Å². The number of amides is 1. The predicted molar refractivity (Wildman–Crippen MR) is 92.5 cm³/mol. The highest BCUT2D eigenvalue weighted by molar-refractivity contribution is 5.87. The molecule has 0 unspecified atom stereocenters. The maximum Gasteiger partial charge on any atom is 0.239 e. The molecule has 0 spiro atoms. The van der Waals surface area contributed by atoms with Crippen molar-refractivity contribution in [3.63, 3.8) is 0 Å². The lowest BCUT2D eigenvalue weighted by atomic mass is 10.0. The van der Waals surface area contributed by atoms with E-state index in [0.717, 1.165) is 17.7 Å². The van der Waals surface area contributed by atoms with Crippen molar-refractivity contribution in [1.29, 1.82) is 0 Å². The molecule has 0 radical (unpaired) electrons. The van der Waals surface area contributed by atoms with Crippen LogP contribution in [0.15, 0.2) is 36.9 Å². The standard InChI is InChI=1S/C17H18N6O2/c1-23(17-15-16(19-9-18-15)20-10-21-17)7-14(24)22-12-6-11-4-2-3-5-13(11)25-8-12/h2-5,9-10,12H,6-8H2,1H3,(H,22,24)(H,18,19,20,21)/t12-/m0/s1. The van der Waals surface area contributed by atoms with Gasteiger partial charge in [0.15, 0.2) is 11.5 Å². The maximum atomic E-state index is 12.4. The van der Waals surface area contributed by atoms with Crippen LogP contribution < -0.4 is 15.0 Å². The first kappa shape index (κ1) is 15.4. The fraction of sp³-hybridized carbons (Fsp3) is 0.294. The highest BCUT2D eigenvalue weighted by atomic mass is 16.5. The molecule has 1 aliphatic rings. The normalized spacial score (nSPS) is 16.1. The van der Waals surface area contributed by atoms with Crippen LogP contribution in [0, 0.1) is 0 Å². The molecule has 8 heteroatoms. The van der Waals surface area contributed by atoms with Crippen molar-refractivity contribution in [1.82, 2.24) is 25.3 Å². The van der Waals surface area contributed by atoms with E-state index in [-0.39, 0.29) is 18.5 Å². The number of anilines is 1. The van der Waals surface area contributed by atoms with Crippen molar-refractivity contribution in [2.24, 2.45) is 0 Å². The SMILES string of the molecule is CN(CC(=O)N[C@@H]1COc2ccccc2C1)c1ncnc2nc[nH]c12. The minimum Gasteiger partial charge on any atom is -0.491 e. The molecular formula is C17H18N6O2. The van der Waals surface area contributed by atoms with Crippen LogP contribution in [0.5, 0.6) is 5.75 Å². The molecule has 3 aromatic rings. The van der Waals surface area contributed by atoms with Crippen LogP contribution in [0.25, 0.3) is 11.2 Å². The average molecular weight is 338 g/mol. The van der Waals surface area contributed by atoms with Crippen LogP contribution in [0.1, 0.15) is 5.56 Å². The Hall–Kier alpha value is -3.16. The number of hydrogen-bond donors (Lipinski definition) is 2. The monoisotopic (exact) mass is 338 g/mol. The van der Waals surface area contributed by atoms with Gasteiger partial charge in [-0.15, -0.1) is 0 Å². The van der Waals surface area contributed by atoms with E-state index in [0.29, 0.717) is 23.6 Å². The number of aromatic nitrogens is 4. The number of imidazole rings is 1. The van der Waals surface area contributed by atoms with Gasteiger partial charge in [-0.2, -0.15) is 0 Å². The molecule has 0 saturated heterocycles. The lowest BCUT2D eigenvalue weighted by molar-refractivity contribution is -0.120. The summed E-state index contributed by atoms with van der Waals surface area (Å²) in [5.74, 6) is 1.46.